The number of morpholine rings is 1. The first-order chi connectivity index (χ1) is 15.3. The van der Waals surface area contributed by atoms with Crippen molar-refractivity contribution in [2.75, 3.05) is 51.8 Å². The molecule has 3 aromatic rings. The third kappa shape index (κ3) is 4.54. The normalized spacial score (nSPS) is 16.9. The highest BCUT2D eigenvalue weighted by Crippen LogP contribution is 2.39. The van der Waals surface area contributed by atoms with E-state index in [9.17, 15) is 0 Å². The Kier molecular flexibility index (Phi) is 6.34. The van der Waals surface area contributed by atoms with Gasteiger partial charge in [-0.1, -0.05) is 0 Å². The number of fused-ring (bicyclic) bond motifs is 3. The highest BCUT2D eigenvalue weighted by molar-refractivity contribution is 7.19. The van der Waals surface area contributed by atoms with E-state index in [0.717, 1.165) is 80.0 Å². The molecule has 1 fully saturated rings. The van der Waals surface area contributed by atoms with Gasteiger partial charge in [0.05, 0.1) is 25.7 Å². The Morgan fingerprint density at radius 1 is 1.10 bits per heavy atom. The smallest absolute Gasteiger partial charge is 0.163 e. The van der Waals surface area contributed by atoms with Crippen LogP contribution >= 0.6 is 11.3 Å². The fraction of sp³-hybridized carbons (Fsp3) is 0.500. The Morgan fingerprint density at radius 2 is 1.90 bits per heavy atom. The van der Waals surface area contributed by atoms with Crippen LogP contribution in [0.4, 0.5) is 5.82 Å². The average Bonchev–Trinajstić information content (AvgIpc) is 3.21. The molecule has 31 heavy (non-hydrogen) atoms. The molecule has 1 aliphatic carbocycles. The van der Waals surface area contributed by atoms with Gasteiger partial charge in [0, 0.05) is 30.1 Å². The minimum absolute atomic E-state index is 0.782. The second kappa shape index (κ2) is 9.51. The minimum atomic E-state index is 0.782. The summed E-state index contributed by atoms with van der Waals surface area (Å²) in [5, 5.41) is 4.92. The fourth-order valence-electron chi connectivity index (χ4n) is 4.49. The molecule has 1 saturated heterocycles. The van der Waals surface area contributed by atoms with E-state index in [1.165, 1.54) is 35.1 Å². The predicted molar refractivity (Wildman–Crippen MR) is 126 cm³/mol. The lowest BCUT2D eigenvalue weighted by Crippen LogP contribution is -2.37. The van der Waals surface area contributed by atoms with Crippen LogP contribution in [0, 0.1) is 0 Å². The van der Waals surface area contributed by atoms with Gasteiger partial charge in [0.2, 0.25) is 0 Å². The molecule has 1 aliphatic heterocycles. The number of aromatic nitrogens is 2. The molecule has 0 radical (unpaired) electrons. The summed E-state index contributed by atoms with van der Waals surface area (Å²) in [6.45, 7) is 5.79. The quantitative estimate of drug-likeness (QED) is 0.553. The third-order valence-electron chi connectivity index (χ3n) is 6.21. The summed E-state index contributed by atoms with van der Waals surface area (Å²) in [5.74, 6) is 2.62. The van der Waals surface area contributed by atoms with Crippen molar-refractivity contribution in [2.45, 2.75) is 32.1 Å². The highest BCUT2D eigenvalue weighted by Gasteiger charge is 2.21. The Hall–Kier alpha value is -2.22. The zero-order valence-corrected chi connectivity index (χ0v) is 19.0. The Bertz CT molecular complexity index is 1030. The largest absolute Gasteiger partial charge is 0.497 e. The fourth-order valence-corrected chi connectivity index (χ4v) is 5.75. The maximum atomic E-state index is 5.46. The van der Waals surface area contributed by atoms with Crippen LogP contribution in [0.3, 0.4) is 0 Å². The van der Waals surface area contributed by atoms with Crippen molar-refractivity contribution in [3.8, 4) is 17.1 Å². The molecule has 7 heteroatoms. The molecule has 0 atom stereocenters. The van der Waals surface area contributed by atoms with Crippen LogP contribution in [0.5, 0.6) is 5.75 Å². The zero-order valence-electron chi connectivity index (χ0n) is 18.2. The third-order valence-corrected chi connectivity index (χ3v) is 7.40. The van der Waals surface area contributed by atoms with E-state index < -0.39 is 0 Å². The van der Waals surface area contributed by atoms with Crippen molar-refractivity contribution in [1.82, 2.24) is 14.9 Å². The van der Waals surface area contributed by atoms with E-state index in [1.54, 1.807) is 7.11 Å². The SMILES string of the molecule is COc1ccc(-c2nc(NCCCN3CCOCC3)c3c4c(sc3n2)CCCC4)cc1. The van der Waals surface area contributed by atoms with Gasteiger partial charge >= 0.3 is 0 Å². The number of ether oxygens (including phenoxy) is 2. The van der Waals surface area contributed by atoms with E-state index in [2.05, 4.69) is 10.2 Å². The van der Waals surface area contributed by atoms with E-state index in [4.69, 9.17) is 19.4 Å². The summed E-state index contributed by atoms with van der Waals surface area (Å²) in [6, 6.07) is 8.01. The monoisotopic (exact) mass is 438 g/mol. The number of methoxy groups -OCH3 is 1. The molecule has 1 aromatic carbocycles. The molecule has 3 heterocycles. The molecule has 1 N–H and O–H groups in total. The summed E-state index contributed by atoms with van der Waals surface area (Å²) in [7, 11) is 1.69. The number of nitrogens with one attached hydrogen (secondary N) is 1. The number of rotatable bonds is 7. The number of benzene rings is 1. The van der Waals surface area contributed by atoms with E-state index in [-0.39, 0.29) is 0 Å². The van der Waals surface area contributed by atoms with Gasteiger partial charge in [-0.25, -0.2) is 9.97 Å². The van der Waals surface area contributed by atoms with Gasteiger partial charge in [0.15, 0.2) is 5.82 Å². The van der Waals surface area contributed by atoms with Gasteiger partial charge < -0.3 is 14.8 Å². The predicted octanol–water partition coefficient (Wildman–Crippen LogP) is 4.38. The maximum Gasteiger partial charge on any atom is 0.163 e. The molecular formula is C24H30N4O2S. The molecule has 164 valence electrons. The van der Waals surface area contributed by atoms with Crippen molar-refractivity contribution >= 4 is 27.4 Å². The zero-order chi connectivity index (χ0) is 21.0. The van der Waals surface area contributed by atoms with Gasteiger partial charge in [-0.3, -0.25) is 4.90 Å². The molecular weight excluding hydrogens is 408 g/mol. The van der Waals surface area contributed by atoms with Gasteiger partial charge in [-0.2, -0.15) is 0 Å². The van der Waals surface area contributed by atoms with Gasteiger partial charge in [0.1, 0.15) is 16.4 Å². The first kappa shape index (κ1) is 20.7. The van der Waals surface area contributed by atoms with E-state index >= 15 is 0 Å². The Labute approximate surface area is 187 Å². The second-order valence-electron chi connectivity index (χ2n) is 8.25. The maximum absolute atomic E-state index is 5.46. The van der Waals surface area contributed by atoms with E-state index in [0.29, 0.717) is 0 Å². The highest BCUT2D eigenvalue weighted by atomic mass is 32.1. The van der Waals surface area contributed by atoms with E-state index in [1.807, 2.05) is 35.6 Å². The van der Waals surface area contributed by atoms with Crippen LogP contribution in [-0.2, 0) is 17.6 Å². The van der Waals surface area contributed by atoms with Crippen molar-refractivity contribution < 1.29 is 9.47 Å². The van der Waals surface area contributed by atoms with Crippen LogP contribution < -0.4 is 10.1 Å². The van der Waals surface area contributed by atoms with Crippen LogP contribution in [0.2, 0.25) is 0 Å². The van der Waals surface area contributed by atoms with Crippen molar-refractivity contribution in [3.63, 3.8) is 0 Å². The first-order valence-corrected chi connectivity index (χ1v) is 12.1. The van der Waals surface area contributed by atoms with Crippen molar-refractivity contribution in [3.05, 3.63) is 34.7 Å². The summed E-state index contributed by atoms with van der Waals surface area (Å²) in [6.07, 6.45) is 5.94. The number of hydrogen-bond donors (Lipinski definition) is 1. The number of aryl methyl sites for hydroxylation is 2. The summed E-state index contributed by atoms with van der Waals surface area (Å²) in [5.41, 5.74) is 2.49. The van der Waals surface area contributed by atoms with Crippen LogP contribution in [0.1, 0.15) is 29.7 Å². The van der Waals surface area contributed by atoms with Crippen LogP contribution in [-0.4, -0.2) is 61.4 Å². The number of anilines is 1. The topological polar surface area (TPSA) is 59.5 Å². The second-order valence-corrected chi connectivity index (χ2v) is 9.33. The number of nitrogens with zero attached hydrogens (tertiary/aromatic N) is 3. The molecule has 5 rings (SSSR count). The molecule has 0 amide bonds. The average molecular weight is 439 g/mol. The lowest BCUT2D eigenvalue weighted by Gasteiger charge is -2.26. The molecule has 0 saturated carbocycles. The van der Waals surface area contributed by atoms with Gasteiger partial charge in [-0.05, 0) is 68.5 Å². The van der Waals surface area contributed by atoms with Gasteiger partial charge in [0.25, 0.3) is 0 Å². The summed E-state index contributed by atoms with van der Waals surface area (Å²) >= 11 is 1.85. The Balaban J connectivity index is 1.41. The first-order valence-electron chi connectivity index (χ1n) is 11.3. The minimum Gasteiger partial charge on any atom is -0.497 e. The molecule has 0 unspecified atom stereocenters. The van der Waals surface area contributed by atoms with Crippen LogP contribution in [0.15, 0.2) is 24.3 Å². The van der Waals surface area contributed by atoms with Gasteiger partial charge in [-0.15, -0.1) is 11.3 Å². The summed E-state index contributed by atoms with van der Waals surface area (Å²) in [4.78, 5) is 15.1. The summed E-state index contributed by atoms with van der Waals surface area (Å²) < 4.78 is 10.8. The van der Waals surface area contributed by atoms with Crippen LogP contribution in [0.25, 0.3) is 21.6 Å². The Morgan fingerprint density at radius 3 is 2.71 bits per heavy atom. The number of thiophene rings is 1. The molecule has 0 bridgehead atoms. The molecule has 6 nitrogen and oxygen atoms in total. The molecule has 2 aliphatic rings. The lowest BCUT2D eigenvalue weighted by molar-refractivity contribution is 0.0378. The lowest BCUT2D eigenvalue weighted by atomic mass is 9.97. The van der Waals surface area contributed by atoms with Crippen molar-refractivity contribution in [2.24, 2.45) is 0 Å². The molecule has 0 spiro atoms. The van der Waals surface area contributed by atoms with Crippen molar-refractivity contribution in [1.29, 1.82) is 0 Å². The molecule has 2 aromatic heterocycles. The standard InChI is InChI=1S/C24H30N4O2S/c1-29-18-9-7-17(8-10-18)22-26-23(25-11-4-12-28-13-15-30-16-14-28)21-19-5-2-3-6-20(19)31-24(21)27-22/h7-10H,2-6,11-16H2,1H3,(H,25,26,27). The number of hydrogen-bond acceptors (Lipinski definition) is 7.